The molecule has 0 radical (unpaired) electrons. The smallest absolute Gasteiger partial charge is 0.123 e. The summed E-state index contributed by atoms with van der Waals surface area (Å²) in [6.45, 7) is 0. The van der Waals surface area contributed by atoms with Gasteiger partial charge in [-0.3, -0.25) is 0 Å². The minimum absolute atomic E-state index is 0.218. The average Bonchev–Trinajstić information content (AvgIpc) is 2.04. The Kier molecular flexibility index (Phi) is 3.37. The molecule has 2 heteroatoms. The molecule has 0 amide bonds. The zero-order valence-electron chi connectivity index (χ0n) is 5.77. The van der Waals surface area contributed by atoms with Crippen molar-refractivity contribution in [2.24, 2.45) is 0 Å². The van der Waals surface area contributed by atoms with E-state index in [1.165, 1.54) is 12.1 Å². The highest BCUT2D eigenvalue weighted by molar-refractivity contribution is 14.1. The van der Waals surface area contributed by atoms with Gasteiger partial charge in [-0.2, -0.15) is 0 Å². The first-order valence-electron chi connectivity index (χ1n) is 3.13. The van der Waals surface area contributed by atoms with Gasteiger partial charge in [-0.1, -0.05) is 34.4 Å². The van der Waals surface area contributed by atoms with Crippen LogP contribution in [0.5, 0.6) is 0 Å². The lowest BCUT2D eigenvalue weighted by Crippen LogP contribution is -1.75. The Labute approximate surface area is 79.0 Å². The van der Waals surface area contributed by atoms with Crippen molar-refractivity contribution in [3.8, 4) is 11.8 Å². The Hall–Kier alpha value is -0.560. The van der Waals surface area contributed by atoms with Crippen molar-refractivity contribution in [2.75, 3.05) is 4.43 Å². The van der Waals surface area contributed by atoms with Crippen LogP contribution < -0.4 is 0 Å². The van der Waals surface area contributed by atoms with Gasteiger partial charge in [0.15, 0.2) is 0 Å². The maximum absolute atomic E-state index is 12.4. The Morgan fingerprint density at radius 1 is 1.27 bits per heavy atom. The van der Waals surface area contributed by atoms with E-state index in [9.17, 15) is 4.39 Å². The molecule has 0 aromatic heterocycles. The van der Waals surface area contributed by atoms with Crippen LogP contribution >= 0.6 is 22.6 Å². The summed E-state index contributed by atoms with van der Waals surface area (Å²) in [4.78, 5) is 0. The van der Waals surface area contributed by atoms with E-state index in [-0.39, 0.29) is 5.82 Å². The molecule has 0 aliphatic rings. The predicted molar refractivity (Wildman–Crippen MR) is 52.2 cm³/mol. The number of halogens is 2. The molecule has 0 bridgehead atoms. The minimum atomic E-state index is -0.218. The van der Waals surface area contributed by atoms with Crippen LogP contribution in [0.15, 0.2) is 24.3 Å². The van der Waals surface area contributed by atoms with Crippen molar-refractivity contribution in [1.82, 2.24) is 0 Å². The molecule has 0 saturated heterocycles. The fourth-order valence-corrected chi connectivity index (χ4v) is 0.859. The van der Waals surface area contributed by atoms with E-state index in [1.807, 2.05) is 0 Å². The molecule has 0 saturated carbocycles. The van der Waals surface area contributed by atoms with Gasteiger partial charge in [0.1, 0.15) is 5.82 Å². The molecular weight excluding hydrogens is 254 g/mol. The van der Waals surface area contributed by atoms with Crippen LogP contribution in [0.25, 0.3) is 0 Å². The first kappa shape index (κ1) is 8.54. The topological polar surface area (TPSA) is 0 Å². The maximum Gasteiger partial charge on any atom is 0.123 e. The summed E-state index contributed by atoms with van der Waals surface area (Å²) in [6.07, 6.45) is 0. The molecule has 0 heterocycles. The summed E-state index contributed by atoms with van der Waals surface area (Å²) >= 11 is 2.17. The summed E-state index contributed by atoms with van der Waals surface area (Å²) < 4.78 is 13.2. The quantitative estimate of drug-likeness (QED) is 0.382. The van der Waals surface area contributed by atoms with Crippen molar-refractivity contribution < 1.29 is 4.39 Å². The maximum atomic E-state index is 12.4. The van der Waals surface area contributed by atoms with Crippen LogP contribution in [0.3, 0.4) is 0 Å². The molecule has 0 spiro atoms. The lowest BCUT2D eigenvalue weighted by molar-refractivity contribution is 0.627. The molecule has 0 aliphatic heterocycles. The standard InChI is InChI=1S/C9H6FI/c10-9-5-3-8(4-6-9)2-1-7-11/h3-6H,7H2. The number of hydrogen-bond acceptors (Lipinski definition) is 0. The number of hydrogen-bond donors (Lipinski definition) is 0. The van der Waals surface area contributed by atoms with Crippen molar-refractivity contribution in [1.29, 1.82) is 0 Å². The van der Waals surface area contributed by atoms with Gasteiger partial charge in [-0.25, -0.2) is 4.39 Å². The summed E-state index contributed by atoms with van der Waals surface area (Å²) in [5, 5.41) is 0. The van der Waals surface area contributed by atoms with Gasteiger partial charge in [-0.15, -0.1) is 0 Å². The molecule has 0 nitrogen and oxygen atoms in total. The van der Waals surface area contributed by atoms with Crippen LogP contribution in [-0.2, 0) is 0 Å². The lowest BCUT2D eigenvalue weighted by Gasteiger charge is -1.87. The first-order valence-corrected chi connectivity index (χ1v) is 4.66. The molecule has 1 aromatic carbocycles. The summed E-state index contributed by atoms with van der Waals surface area (Å²) in [7, 11) is 0. The van der Waals surface area contributed by atoms with Crippen molar-refractivity contribution >= 4 is 22.6 Å². The Morgan fingerprint density at radius 3 is 2.45 bits per heavy atom. The molecule has 0 unspecified atom stereocenters. The molecule has 0 N–H and O–H groups in total. The van der Waals surface area contributed by atoms with Gasteiger partial charge < -0.3 is 0 Å². The van der Waals surface area contributed by atoms with E-state index >= 15 is 0 Å². The largest absolute Gasteiger partial charge is 0.207 e. The Bertz CT molecular complexity index is 279. The van der Waals surface area contributed by atoms with Crippen LogP contribution in [0.4, 0.5) is 4.39 Å². The SMILES string of the molecule is Fc1ccc(C#CCI)cc1. The van der Waals surface area contributed by atoms with E-state index in [4.69, 9.17) is 0 Å². The second kappa shape index (κ2) is 4.35. The fourth-order valence-electron chi connectivity index (χ4n) is 0.669. The van der Waals surface area contributed by atoms with Gasteiger partial charge in [0.05, 0.1) is 4.43 Å². The third-order valence-corrected chi connectivity index (χ3v) is 1.53. The van der Waals surface area contributed by atoms with Crippen molar-refractivity contribution in [3.05, 3.63) is 35.6 Å². The van der Waals surface area contributed by atoms with E-state index < -0.39 is 0 Å². The van der Waals surface area contributed by atoms with E-state index in [1.54, 1.807) is 12.1 Å². The fraction of sp³-hybridized carbons (Fsp3) is 0.111. The third kappa shape index (κ3) is 2.89. The highest BCUT2D eigenvalue weighted by Gasteiger charge is 1.86. The van der Waals surface area contributed by atoms with Gasteiger partial charge in [0.2, 0.25) is 0 Å². The van der Waals surface area contributed by atoms with E-state index in [2.05, 4.69) is 34.4 Å². The van der Waals surface area contributed by atoms with Gasteiger partial charge in [0, 0.05) is 5.56 Å². The molecule has 1 aromatic rings. The number of rotatable bonds is 0. The van der Waals surface area contributed by atoms with Crippen molar-refractivity contribution in [2.45, 2.75) is 0 Å². The molecule has 1 rings (SSSR count). The van der Waals surface area contributed by atoms with Crippen LogP contribution in [-0.4, -0.2) is 4.43 Å². The summed E-state index contributed by atoms with van der Waals surface area (Å²) in [5.74, 6) is 5.58. The third-order valence-electron chi connectivity index (χ3n) is 1.14. The van der Waals surface area contributed by atoms with Crippen LogP contribution in [0.2, 0.25) is 0 Å². The number of alkyl halides is 1. The summed E-state index contributed by atoms with van der Waals surface area (Å²) in [6, 6.07) is 6.18. The number of benzene rings is 1. The molecule has 0 fully saturated rings. The minimum Gasteiger partial charge on any atom is -0.207 e. The molecule has 56 valence electrons. The highest BCUT2D eigenvalue weighted by atomic mass is 127. The highest BCUT2D eigenvalue weighted by Crippen LogP contribution is 2.00. The Balaban J connectivity index is 2.82. The van der Waals surface area contributed by atoms with Gasteiger partial charge >= 0.3 is 0 Å². The zero-order chi connectivity index (χ0) is 8.10. The zero-order valence-corrected chi connectivity index (χ0v) is 7.93. The van der Waals surface area contributed by atoms with Crippen LogP contribution in [0, 0.1) is 17.7 Å². The average molecular weight is 260 g/mol. The normalized spacial score (nSPS) is 8.55. The second-order valence-corrected chi connectivity index (χ2v) is 2.71. The van der Waals surface area contributed by atoms with E-state index in [0.29, 0.717) is 0 Å². The monoisotopic (exact) mass is 260 g/mol. The molecular formula is C9H6FI. The predicted octanol–water partition coefficient (Wildman–Crippen LogP) is 2.61. The van der Waals surface area contributed by atoms with Crippen molar-refractivity contribution in [3.63, 3.8) is 0 Å². The molecule has 11 heavy (non-hydrogen) atoms. The lowest BCUT2D eigenvalue weighted by atomic mass is 10.2. The second-order valence-electron chi connectivity index (χ2n) is 1.94. The summed E-state index contributed by atoms with van der Waals surface area (Å²) in [5.41, 5.74) is 0.864. The van der Waals surface area contributed by atoms with Gasteiger partial charge in [0.25, 0.3) is 0 Å². The molecule has 0 aliphatic carbocycles. The first-order chi connectivity index (χ1) is 5.33. The Morgan fingerprint density at radius 2 is 1.91 bits per heavy atom. The molecule has 0 atom stereocenters. The van der Waals surface area contributed by atoms with Crippen LogP contribution in [0.1, 0.15) is 5.56 Å². The van der Waals surface area contributed by atoms with E-state index in [0.717, 1.165) is 9.99 Å². The van der Waals surface area contributed by atoms with Gasteiger partial charge in [-0.05, 0) is 24.3 Å².